The van der Waals surface area contributed by atoms with Crippen molar-refractivity contribution in [3.63, 3.8) is 0 Å². The normalized spacial score (nSPS) is 17.0. The summed E-state index contributed by atoms with van der Waals surface area (Å²) in [5.41, 5.74) is 5.01. The Morgan fingerprint density at radius 1 is 1.19 bits per heavy atom. The molecule has 2 aromatic carbocycles. The van der Waals surface area contributed by atoms with Crippen LogP contribution in [0.4, 0.5) is 5.69 Å². The zero-order valence-electron chi connectivity index (χ0n) is 20.4. The minimum Gasteiger partial charge on any atom is -0.495 e. The van der Waals surface area contributed by atoms with Crippen molar-refractivity contribution in [1.82, 2.24) is 5.43 Å². The van der Waals surface area contributed by atoms with Gasteiger partial charge in [-0.2, -0.15) is 5.10 Å². The van der Waals surface area contributed by atoms with E-state index in [-0.39, 0.29) is 12.2 Å². The van der Waals surface area contributed by atoms with Gasteiger partial charge in [0.05, 0.1) is 24.5 Å². The van der Waals surface area contributed by atoms with Gasteiger partial charge in [-0.1, -0.05) is 18.0 Å². The maximum Gasteiger partial charge on any atom is 0.344 e. The zero-order chi connectivity index (χ0) is 25.5. The quantitative estimate of drug-likeness (QED) is 0.276. The molecule has 1 saturated carbocycles. The largest absolute Gasteiger partial charge is 0.495 e. The van der Waals surface area contributed by atoms with Gasteiger partial charge in [0.15, 0.2) is 11.7 Å². The van der Waals surface area contributed by atoms with E-state index in [1.165, 1.54) is 6.42 Å². The average Bonchev–Trinajstić information content (AvgIpc) is 2.87. The van der Waals surface area contributed by atoms with Crippen LogP contribution in [0.2, 0.25) is 5.02 Å². The first-order valence-corrected chi connectivity index (χ1v) is 12.8. The third-order valence-corrected chi connectivity index (χ3v) is 6.70. The number of methoxy groups -OCH3 is 1. The predicted molar refractivity (Wildman–Crippen MR) is 144 cm³/mol. The topological polar surface area (TPSA) is 90.4 Å². The summed E-state index contributed by atoms with van der Waals surface area (Å²) in [6, 6.07) is 10.8. The molecule has 0 aromatic heterocycles. The van der Waals surface area contributed by atoms with Crippen LogP contribution in [-0.2, 0) is 9.53 Å². The number of hydrogen-bond donors (Lipinski definition) is 2. The minimum atomic E-state index is -0.418. The summed E-state index contributed by atoms with van der Waals surface area (Å²) in [5.74, 6) is 1.44. The van der Waals surface area contributed by atoms with Gasteiger partial charge in [0.25, 0.3) is 0 Å². The van der Waals surface area contributed by atoms with E-state index in [1.807, 2.05) is 18.2 Å². The lowest BCUT2D eigenvalue weighted by molar-refractivity contribution is -0.145. The molecule has 0 unspecified atom stereocenters. The Bertz CT molecular complexity index is 1150. The smallest absolute Gasteiger partial charge is 0.344 e. The molecule has 0 saturated heterocycles. The molecule has 1 aliphatic carbocycles. The number of thiocarbonyl (C=S) groups is 1. The van der Waals surface area contributed by atoms with E-state index in [4.69, 9.17) is 42.8 Å². The molecule has 0 bridgehead atoms. The lowest BCUT2D eigenvalue weighted by atomic mass is 9.78. The molecule has 0 radical (unpaired) electrons. The van der Waals surface area contributed by atoms with E-state index in [1.54, 1.807) is 32.2 Å². The van der Waals surface area contributed by atoms with Crippen LogP contribution in [0, 0.1) is 0 Å². The summed E-state index contributed by atoms with van der Waals surface area (Å²) in [6.45, 7) is 1.90. The van der Waals surface area contributed by atoms with E-state index in [0.29, 0.717) is 40.3 Å². The number of esters is 1. The second-order valence-corrected chi connectivity index (χ2v) is 9.56. The maximum absolute atomic E-state index is 11.7. The number of hydrogen-bond acceptors (Lipinski definition) is 7. The standard InChI is InChI=1S/C26H30ClN3O5S/c1-3-33-24(31)16-34-18-8-10-22-19(14-18)21(15-26(35-22)11-5-4-6-12-26)29-30-25(36)28-17-7-9-23(32-2)20(27)13-17/h7-10,13-14H,3-6,11-12,15-16H2,1-2H3,(H2,28,30,36)/b29-21+. The van der Waals surface area contributed by atoms with Crippen molar-refractivity contribution < 1.29 is 23.7 Å². The predicted octanol–water partition coefficient (Wildman–Crippen LogP) is 5.47. The number of ether oxygens (including phenoxy) is 4. The molecule has 36 heavy (non-hydrogen) atoms. The molecule has 2 aromatic rings. The Labute approximate surface area is 221 Å². The van der Waals surface area contributed by atoms with Crippen LogP contribution in [0.5, 0.6) is 17.2 Å². The second kappa shape index (κ2) is 11.8. The van der Waals surface area contributed by atoms with Crippen molar-refractivity contribution in [2.75, 3.05) is 25.6 Å². The van der Waals surface area contributed by atoms with Crippen molar-refractivity contribution in [2.24, 2.45) is 5.10 Å². The molecule has 10 heteroatoms. The highest BCUT2D eigenvalue weighted by Crippen LogP contribution is 2.43. The van der Waals surface area contributed by atoms with Gasteiger partial charge in [-0.25, -0.2) is 4.79 Å². The van der Waals surface area contributed by atoms with Crippen molar-refractivity contribution in [3.8, 4) is 17.2 Å². The van der Waals surface area contributed by atoms with Crippen molar-refractivity contribution in [3.05, 3.63) is 47.0 Å². The first-order chi connectivity index (χ1) is 17.4. The van der Waals surface area contributed by atoms with E-state index < -0.39 is 5.97 Å². The lowest BCUT2D eigenvalue weighted by Gasteiger charge is -2.41. The number of anilines is 1. The molecule has 192 valence electrons. The van der Waals surface area contributed by atoms with Gasteiger partial charge in [-0.3, -0.25) is 5.43 Å². The van der Waals surface area contributed by atoms with Crippen LogP contribution in [0.25, 0.3) is 0 Å². The molecule has 8 nitrogen and oxygen atoms in total. The molecular formula is C26H30ClN3O5S. The monoisotopic (exact) mass is 531 g/mol. The number of nitrogens with zero attached hydrogens (tertiary/aromatic N) is 1. The Morgan fingerprint density at radius 2 is 2.00 bits per heavy atom. The lowest BCUT2D eigenvalue weighted by Crippen LogP contribution is -2.44. The number of hydrazone groups is 1. The fourth-order valence-electron chi connectivity index (χ4n) is 4.52. The Kier molecular flexibility index (Phi) is 8.53. The first kappa shape index (κ1) is 26.0. The van der Waals surface area contributed by atoms with Gasteiger partial charge < -0.3 is 24.3 Å². The molecule has 0 amide bonds. The van der Waals surface area contributed by atoms with Gasteiger partial charge in [-0.05, 0) is 81.2 Å². The highest BCUT2D eigenvalue weighted by atomic mass is 35.5. The number of rotatable bonds is 7. The number of halogens is 1. The van der Waals surface area contributed by atoms with Crippen LogP contribution in [0.1, 0.15) is 51.0 Å². The van der Waals surface area contributed by atoms with Gasteiger partial charge in [0, 0.05) is 17.7 Å². The number of carbonyl (C=O) groups is 1. The van der Waals surface area contributed by atoms with Crippen LogP contribution >= 0.6 is 23.8 Å². The average molecular weight is 532 g/mol. The van der Waals surface area contributed by atoms with Gasteiger partial charge in [0.2, 0.25) is 0 Å². The highest BCUT2D eigenvalue weighted by molar-refractivity contribution is 7.80. The van der Waals surface area contributed by atoms with E-state index in [2.05, 4.69) is 15.8 Å². The fourth-order valence-corrected chi connectivity index (χ4v) is 4.95. The SMILES string of the molecule is CCOC(=O)COc1ccc2c(c1)/C(=N/NC(=S)Nc1ccc(OC)c(Cl)c1)CC1(CCCCC1)O2. The van der Waals surface area contributed by atoms with Crippen molar-refractivity contribution in [1.29, 1.82) is 0 Å². The molecule has 1 spiro atoms. The molecule has 2 aliphatic rings. The molecule has 1 aliphatic heterocycles. The molecule has 1 heterocycles. The van der Waals surface area contributed by atoms with Gasteiger partial charge in [0.1, 0.15) is 22.8 Å². The number of fused-ring (bicyclic) bond motifs is 1. The minimum absolute atomic E-state index is 0.166. The summed E-state index contributed by atoms with van der Waals surface area (Å²) in [6.07, 6.45) is 6.04. The number of benzene rings is 2. The number of nitrogens with one attached hydrogen (secondary N) is 2. The first-order valence-electron chi connectivity index (χ1n) is 12.0. The van der Waals surface area contributed by atoms with Crippen LogP contribution in [-0.4, -0.2) is 42.7 Å². The number of carbonyl (C=O) groups excluding carboxylic acids is 1. The summed E-state index contributed by atoms with van der Waals surface area (Å²) in [5, 5.41) is 8.56. The zero-order valence-corrected chi connectivity index (χ0v) is 22.0. The van der Waals surface area contributed by atoms with Crippen LogP contribution < -0.4 is 25.0 Å². The summed E-state index contributed by atoms with van der Waals surface area (Å²) < 4.78 is 22.3. The highest BCUT2D eigenvalue weighted by Gasteiger charge is 2.40. The third kappa shape index (κ3) is 6.39. The molecule has 0 atom stereocenters. The van der Waals surface area contributed by atoms with Crippen molar-refractivity contribution >= 4 is 46.3 Å². The Balaban J connectivity index is 1.53. The molecule has 1 fully saturated rings. The second-order valence-electron chi connectivity index (χ2n) is 8.75. The summed E-state index contributed by atoms with van der Waals surface area (Å²) in [4.78, 5) is 11.7. The fraction of sp³-hybridized carbons (Fsp3) is 0.423. The van der Waals surface area contributed by atoms with Crippen LogP contribution in [0.15, 0.2) is 41.5 Å². The third-order valence-electron chi connectivity index (χ3n) is 6.21. The van der Waals surface area contributed by atoms with Gasteiger partial charge >= 0.3 is 5.97 Å². The van der Waals surface area contributed by atoms with E-state index in [9.17, 15) is 4.79 Å². The maximum atomic E-state index is 11.7. The molecular weight excluding hydrogens is 502 g/mol. The Morgan fingerprint density at radius 3 is 2.72 bits per heavy atom. The van der Waals surface area contributed by atoms with E-state index >= 15 is 0 Å². The Hall–Kier alpha value is -3.04. The van der Waals surface area contributed by atoms with Crippen LogP contribution in [0.3, 0.4) is 0 Å². The summed E-state index contributed by atoms with van der Waals surface area (Å²) in [7, 11) is 1.56. The molecule has 4 rings (SSSR count). The van der Waals surface area contributed by atoms with Gasteiger partial charge in [-0.15, -0.1) is 0 Å². The van der Waals surface area contributed by atoms with Crippen molar-refractivity contribution in [2.45, 2.75) is 51.0 Å². The summed E-state index contributed by atoms with van der Waals surface area (Å²) >= 11 is 11.7. The molecule has 2 N–H and O–H groups in total. The van der Waals surface area contributed by atoms with E-state index in [0.717, 1.165) is 42.7 Å².